The molecule has 1 saturated heterocycles. The molecule has 2 aromatic rings. The molecular formula is C14H12FN3O. The number of rotatable bonds is 2. The maximum Gasteiger partial charge on any atom is 0.322 e. The largest absolute Gasteiger partial charge is 0.335 e. The van der Waals surface area contributed by atoms with Crippen molar-refractivity contribution in [3.05, 3.63) is 60.2 Å². The fourth-order valence-corrected chi connectivity index (χ4v) is 2.25. The van der Waals surface area contributed by atoms with E-state index >= 15 is 0 Å². The summed E-state index contributed by atoms with van der Waals surface area (Å²) in [6, 6.07) is 9.40. The van der Waals surface area contributed by atoms with E-state index in [0.717, 1.165) is 5.56 Å². The zero-order chi connectivity index (χ0) is 13.2. The number of anilines is 1. The van der Waals surface area contributed by atoms with Crippen LogP contribution in [0, 0.1) is 5.82 Å². The van der Waals surface area contributed by atoms with Crippen molar-refractivity contribution in [1.29, 1.82) is 0 Å². The van der Waals surface area contributed by atoms with E-state index in [0.29, 0.717) is 12.2 Å². The van der Waals surface area contributed by atoms with Crippen LogP contribution in [-0.2, 0) is 0 Å². The lowest BCUT2D eigenvalue weighted by Crippen LogP contribution is -2.29. The van der Waals surface area contributed by atoms with Crippen LogP contribution in [-0.4, -0.2) is 17.6 Å². The van der Waals surface area contributed by atoms with E-state index in [9.17, 15) is 9.18 Å². The van der Waals surface area contributed by atoms with Gasteiger partial charge in [-0.1, -0.05) is 0 Å². The number of urea groups is 1. The van der Waals surface area contributed by atoms with Crippen molar-refractivity contribution in [3.63, 3.8) is 0 Å². The topological polar surface area (TPSA) is 45.2 Å². The van der Waals surface area contributed by atoms with Gasteiger partial charge >= 0.3 is 6.03 Å². The Morgan fingerprint density at radius 1 is 1.16 bits per heavy atom. The van der Waals surface area contributed by atoms with Gasteiger partial charge in [-0.2, -0.15) is 0 Å². The number of hydrogen-bond acceptors (Lipinski definition) is 2. The van der Waals surface area contributed by atoms with E-state index in [4.69, 9.17) is 0 Å². The molecule has 0 bridgehead atoms. The molecular weight excluding hydrogens is 245 g/mol. The van der Waals surface area contributed by atoms with Crippen molar-refractivity contribution in [2.24, 2.45) is 0 Å². The number of benzene rings is 1. The van der Waals surface area contributed by atoms with E-state index in [1.165, 1.54) is 12.1 Å². The summed E-state index contributed by atoms with van der Waals surface area (Å²) in [6.45, 7) is 0.528. The van der Waals surface area contributed by atoms with Crippen molar-refractivity contribution in [2.45, 2.75) is 6.04 Å². The number of carbonyl (C=O) groups is 1. The number of halogens is 1. The Kier molecular flexibility index (Phi) is 2.87. The first kappa shape index (κ1) is 11.6. The van der Waals surface area contributed by atoms with Crippen molar-refractivity contribution in [2.75, 3.05) is 11.4 Å². The quantitative estimate of drug-likeness (QED) is 0.898. The second-order valence-electron chi connectivity index (χ2n) is 4.33. The lowest BCUT2D eigenvalue weighted by molar-refractivity contribution is 0.251. The summed E-state index contributed by atoms with van der Waals surface area (Å²) in [6.07, 6.45) is 3.39. The Morgan fingerprint density at radius 3 is 2.53 bits per heavy atom. The molecule has 1 atom stereocenters. The molecule has 0 spiro atoms. The van der Waals surface area contributed by atoms with Crippen molar-refractivity contribution >= 4 is 11.7 Å². The van der Waals surface area contributed by atoms with Gasteiger partial charge in [0, 0.05) is 24.6 Å². The average Bonchev–Trinajstić information content (AvgIpc) is 2.83. The van der Waals surface area contributed by atoms with Gasteiger partial charge in [-0.05, 0) is 42.0 Å². The van der Waals surface area contributed by atoms with Crippen LogP contribution in [0.2, 0.25) is 0 Å². The van der Waals surface area contributed by atoms with E-state index < -0.39 is 0 Å². The highest BCUT2D eigenvalue weighted by atomic mass is 19.1. The minimum atomic E-state index is -0.316. The summed E-state index contributed by atoms with van der Waals surface area (Å²) < 4.78 is 13.0. The first-order chi connectivity index (χ1) is 9.25. The number of hydrogen-bond donors (Lipinski definition) is 1. The zero-order valence-electron chi connectivity index (χ0n) is 10.1. The van der Waals surface area contributed by atoms with Gasteiger partial charge < -0.3 is 5.32 Å². The molecule has 0 aliphatic carbocycles. The number of nitrogens with one attached hydrogen (secondary N) is 1. The summed E-state index contributed by atoms with van der Waals surface area (Å²) >= 11 is 0. The molecule has 0 radical (unpaired) electrons. The van der Waals surface area contributed by atoms with Gasteiger partial charge in [0.05, 0.1) is 6.04 Å². The molecule has 2 amide bonds. The van der Waals surface area contributed by atoms with Gasteiger partial charge in [0.2, 0.25) is 0 Å². The maximum absolute atomic E-state index is 13.0. The van der Waals surface area contributed by atoms with E-state index in [2.05, 4.69) is 10.3 Å². The molecule has 96 valence electrons. The predicted molar refractivity (Wildman–Crippen MR) is 69.3 cm³/mol. The Balaban J connectivity index is 1.97. The molecule has 1 N–H and O–H groups in total. The van der Waals surface area contributed by atoms with E-state index in [-0.39, 0.29) is 17.9 Å². The third kappa shape index (κ3) is 2.14. The third-order valence-corrected chi connectivity index (χ3v) is 3.17. The number of pyridine rings is 1. The Morgan fingerprint density at radius 2 is 1.84 bits per heavy atom. The summed E-state index contributed by atoms with van der Waals surface area (Å²) in [7, 11) is 0. The molecule has 1 aliphatic heterocycles. The molecule has 3 rings (SSSR count). The third-order valence-electron chi connectivity index (χ3n) is 3.17. The monoisotopic (exact) mass is 257 g/mol. The molecule has 1 fully saturated rings. The highest BCUT2D eigenvalue weighted by Gasteiger charge is 2.32. The molecule has 1 aromatic heterocycles. The number of nitrogens with zero attached hydrogens (tertiary/aromatic N) is 2. The summed E-state index contributed by atoms with van der Waals surface area (Å²) in [5.74, 6) is -0.316. The first-order valence-corrected chi connectivity index (χ1v) is 5.98. The fourth-order valence-electron chi connectivity index (χ4n) is 2.25. The predicted octanol–water partition coefficient (Wildman–Crippen LogP) is 2.49. The number of carbonyl (C=O) groups excluding carboxylic acids is 1. The van der Waals surface area contributed by atoms with Gasteiger partial charge in [0.25, 0.3) is 0 Å². The zero-order valence-corrected chi connectivity index (χ0v) is 10.1. The van der Waals surface area contributed by atoms with Gasteiger partial charge in [0.1, 0.15) is 5.82 Å². The highest BCUT2D eigenvalue weighted by Crippen LogP contribution is 2.30. The van der Waals surface area contributed by atoms with E-state index in [1.54, 1.807) is 29.4 Å². The maximum atomic E-state index is 13.0. The van der Waals surface area contributed by atoms with Gasteiger partial charge in [-0.25, -0.2) is 9.18 Å². The van der Waals surface area contributed by atoms with E-state index in [1.807, 2.05) is 12.1 Å². The summed E-state index contributed by atoms with van der Waals surface area (Å²) in [5.41, 5.74) is 1.68. The van der Waals surface area contributed by atoms with Crippen molar-refractivity contribution in [3.8, 4) is 0 Å². The smallest absolute Gasteiger partial charge is 0.322 e. The van der Waals surface area contributed by atoms with Crippen molar-refractivity contribution < 1.29 is 9.18 Å². The van der Waals surface area contributed by atoms with Gasteiger partial charge in [0.15, 0.2) is 0 Å². The van der Waals surface area contributed by atoms with Crippen LogP contribution in [0.3, 0.4) is 0 Å². The Labute approximate surface area is 109 Å². The minimum Gasteiger partial charge on any atom is -0.335 e. The van der Waals surface area contributed by atoms with Crippen LogP contribution in [0.25, 0.3) is 0 Å². The highest BCUT2D eigenvalue weighted by molar-refractivity contribution is 5.95. The molecule has 2 heterocycles. The molecule has 1 aliphatic rings. The second-order valence-corrected chi connectivity index (χ2v) is 4.33. The Bertz CT molecular complexity index is 585. The lowest BCUT2D eigenvalue weighted by Gasteiger charge is -2.23. The molecule has 0 saturated carbocycles. The SMILES string of the molecule is O=C1NCC(c2ccncc2)N1c1ccc(F)cc1. The second kappa shape index (κ2) is 4.68. The Hall–Kier alpha value is -2.43. The normalized spacial score (nSPS) is 18.5. The summed E-state index contributed by atoms with van der Waals surface area (Å²) in [5, 5.41) is 2.80. The van der Waals surface area contributed by atoms with Gasteiger partial charge in [-0.15, -0.1) is 0 Å². The standard InChI is InChI=1S/C14H12FN3O/c15-11-1-3-12(4-2-11)18-13(9-17-14(18)19)10-5-7-16-8-6-10/h1-8,13H,9H2,(H,17,19). The van der Waals surface area contributed by atoms with Crippen molar-refractivity contribution in [1.82, 2.24) is 10.3 Å². The molecule has 19 heavy (non-hydrogen) atoms. The van der Waals surface area contributed by atoms with Crippen LogP contribution in [0.15, 0.2) is 48.8 Å². The van der Waals surface area contributed by atoms with Crippen LogP contribution in [0.1, 0.15) is 11.6 Å². The molecule has 5 heteroatoms. The first-order valence-electron chi connectivity index (χ1n) is 5.98. The summed E-state index contributed by atoms with van der Waals surface area (Å²) in [4.78, 5) is 17.6. The lowest BCUT2D eigenvalue weighted by atomic mass is 10.1. The molecule has 1 aromatic carbocycles. The van der Waals surface area contributed by atoms with Crippen LogP contribution in [0.5, 0.6) is 0 Å². The van der Waals surface area contributed by atoms with Crippen LogP contribution >= 0.6 is 0 Å². The fraction of sp³-hybridized carbons (Fsp3) is 0.143. The van der Waals surface area contributed by atoms with Crippen LogP contribution in [0.4, 0.5) is 14.9 Å². The number of amides is 2. The average molecular weight is 257 g/mol. The minimum absolute atomic E-state index is 0.0963. The van der Waals surface area contributed by atoms with Gasteiger partial charge in [-0.3, -0.25) is 9.88 Å². The molecule has 4 nitrogen and oxygen atoms in total. The van der Waals surface area contributed by atoms with Crippen LogP contribution < -0.4 is 10.2 Å². The number of aromatic nitrogens is 1. The molecule has 1 unspecified atom stereocenters.